The van der Waals surface area contributed by atoms with E-state index in [0.717, 1.165) is 29.7 Å². The van der Waals surface area contributed by atoms with E-state index < -0.39 is 11.5 Å². The number of anilines is 1. The summed E-state index contributed by atoms with van der Waals surface area (Å²) in [7, 11) is 0. The second-order valence-electron chi connectivity index (χ2n) is 10.3. The SMILES string of the molecule is Cl.O=C(O)[C@@]1([C@H]2C[C@@H](COc3ccccc3)N(Cc3ccncc3)C2)CCCCN1c1nc2ccccc2o1. The van der Waals surface area contributed by atoms with Crippen molar-refractivity contribution >= 4 is 35.5 Å². The Morgan fingerprint density at radius 1 is 1.05 bits per heavy atom. The molecule has 2 aromatic heterocycles. The van der Waals surface area contributed by atoms with E-state index in [-0.39, 0.29) is 24.4 Å². The number of carboxylic acid groups (broad SMARTS) is 1. The molecule has 4 aromatic rings. The molecule has 0 aliphatic carbocycles. The third-order valence-corrected chi connectivity index (χ3v) is 8.08. The monoisotopic (exact) mass is 548 g/mol. The standard InChI is InChI=1S/C30H32N4O4.ClH/c35-28(36)30(14-6-7-17-34(30)29-32-26-10-4-5-11-27(26)38-29)23-18-24(21-37-25-8-2-1-3-9-25)33(20-23)19-22-12-15-31-16-13-22;/h1-5,8-13,15-16,23-24H,6-7,14,17-21H2,(H,35,36);1H/t23-,24-,30-;/m0./s1. The average Bonchev–Trinajstić information content (AvgIpc) is 3.57. The summed E-state index contributed by atoms with van der Waals surface area (Å²) < 4.78 is 12.3. The normalized spacial score (nSPS) is 23.4. The fourth-order valence-electron chi connectivity index (χ4n) is 6.19. The number of aromatic nitrogens is 2. The Hall–Kier alpha value is -3.62. The topological polar surface area (TPSA) is 91.9 Å². The number of pyridine rings is 1. The molecule has 39 heavy (non-hydrogen) atoms. The number of likely N-dealkylation sites (tertiary alicyclic amines) is 1. The van der Waals surface area contributed by atoms with Gasteiger partial charge in [0.2, 0.25) is 0 Å². The van der Waals surface area contributed by atoms with Crippen molar-refractivity contribution in [3.8, 4) is 5.75 Å². The van der Waals surface area contributed by atoms with Crippen molar-refractivity contribution in [1.82, 2.24) is 14.9 Å². The van der Waals surface area contributed by atoms with Gasteiger partial charge in [0.15, 0.2) is 5.58 Å². The van der Waals surface area contributed by atoms with Gasteiger partial charge in [0.1, 0.15) is 23.4 Å². The van der Waals surface area contributed by atoms with Gasteiger partial charge in [0.05, 0.1) is 0 Å². The number of para-hydroxylation sites is 3. The van der Waals surface area contributed by atoms with Crippen molar-refractivity contribution in [3.05, 3.63) is 84.7 Å². The average molecular weight is 549 g/mol. The first-order valence-electron chi connectivity index (χ1n) is 13.3. The molecule has 0 unspecified atom stereocenters. The number of rotatable bonds is 8. The van der Waals surface area contributed by atoms with E-state index >= 15 is 0 Å². The summed E-state index contributed by atoms with van der Waals surface area (Å²) in [6, 6.07) is 21.9. The number of fused-ring (bicyclic) bond motifs is 1. The number of halogens is 1. The van der Waals surface area contributed by atoms with Crippen LogP contribution in [0.25, 0.3) is 11.1 Å². The molecule has 4 heterocycles. The molecule has 2 saturated heterocycles. The Morgan fingerprint density at radius 2 is 1.82 bits per heavy atom. The number of hydrogen-bond acceptors (Lipinski definition) is 7. The number of nitrogens with zero attached hydrogens (tertiary/aromatic N) is 4. The molecule has 6 rings (SSSR count). The van der Waals surface area contributed by atoms with Gasteiger partial charge in [-0.1, -0.05) is 30.3 Å². The van der Waals surface area contributed by atoms with Gasteiger partial charge in [-0.2, -0.15) is 4.98 Å². The maximum Gasteiger partial charge on any atom is 0.330 e. The fourth-order valence-corrected chi connectivity index (χ4v) is 6.19. The molecule has 2 aliphatic rings. The molecule has 0 bridgehead atoms. The van der Waals surface area contributed by atoms with E-state index in [1.165, 1.54) is 0 Å². The summed E-state index contributed by atoms with van der Waals surface area (Å²) in [5.74, 6) is -0.113. The van der Waals surface area contributed by atoms with Gasteiger partial charge in [-0.3, -0.25) is 9.88 Å². The summed E-state index contributed by atoms with van der Waals surface area (Å²) >= 11 is 0. The van der Waals surface area contributed by atoms with Crippen molar-refractivity contribution in [2.24, 2.45) is 5.92 Å². The zero-order valence-electron chi connectivity index (χ0n) is 21.7. The van der Waals surface area contributed by atoms with E-state index in [0.29, 0.717) is 50.7 Å². The minimum absolute atomic E-state index is 0. The molecular formula is C30H33ClN4O4. The highest BCUT2D eigenvalue weighted by molar-refractivity contribution is 5.85. The van der Waals surface area contributed by atoms with Gasteiger partial charge >= 0.3 is 5.97 Å². The minimum atomic E-state index is -1.10. The number of oxazole rings is 1. The molecule has 9 heteroatoms. The van der Waals surface area contributed by atoms with E-state index in [4.69, 9.17) is 14.1 Å². The Kier molecular flexibility index (Phi) is 8.04. The van der Waals surface area contributed by atoms with Crippen molar-refractivity contribution in [2.45, 2.75) is 43.8 Å². The summed E-state index contributed by atoms with van der Waals surface area (Å²) in [5, 5.41) is 10.9. The van der Waals surface area contributed by atoms with Crippen LogP contribution in [0, 0.1) is 5.92 Å². The van der Waals surface area contributed by atoms with E-state index in [1.54, 1.807) is 12.4 Å². The second-order valence-corrected chi connectivity index (χ2v) is 10.3. The van der Waals surface area contributed by atoms with Gasteiger partial charge in [0.25, 0.3) is 6.01 Å². The molecule has 3 atom stereocenters. The summed E-state index contributed by atoms with van der Waals surface area (Å²) in [4.78, 5) is 26.4. The van der Waals surface area contributed by atoms with Crippen LogP contribution in [0.3, 0.4) is 0 Å². The summed E-state index contributed by atoms with van der Waals surface area (Å²) in [6.07, 6.45) is 6.62. The zero-order chi connectivity index (χ0) is 26.0. The van der Waals surface area contributed by atoms with Gasteiger partial charge < -0.3 is 19.2 Å². The summed E-state index contributed by atoms with van der Waals surface area (Å²) in [6.45, 7) is 2.45. The molecule has 2 fully saturated rings. The number of hydrogen-bond donors (Lipinski definition) is 1. The molecule has 8 nitrogen and oxygen atoms in total. The Balaban J connectivity index is 0.00000308. The van der Waals surface area contributed by atoms with Crippen molar-refractivity contribution in [1.29, 1.82) is 0 Å². The van der Waals surface area contributed by atoms with Crippen LogP contribution in [0.1, 0.15) is 31.2 Å². The third-order valence-electron chi connectivity index (χ3n) is 8.08. The molecule has 0 saturated carbocycles. The zero-order valence-corrected chi connectivity index (χ0v) is 22.5. The first-order chi connectivity index (χ1) is 18.6. The second kappa shape index (κ2) is 11.6. The van der Waals surface area contributed by atoms with Gasteiger partial charge in [-0.15, -0.1) is 12.4 Å². The third kappa shape index (κ3) is 5.31. The first-order valence-corrected chi connectivity index (χ1v) is 13.3. The first kappa shape index (κ1) is 27.0. The van der Waals surface area contributed by atoms with Crippen LogP contribution in [-0.2, 0) is 11.3 Å². The van der Waals surface area contributed by atoms with Gasteiger partial charge in [-0.05, 0) is 67.6 Å². The van der Waals surface area contributed by atoms with Gasteiger partial charge in [-0.25, -0.2) is 4.79 Å². The number of aliphatic carboxylic acids is 1. The molecule has 0 amide bonds. The predicted octanol–water partition coefficient (Wildman–Crippen LogP) is 5.43. The van der Waals surface area contributed by atoms with E-state index in [2.05, 4.69) is 9.88 Å². The number of ether oxygens (including phenoxy) is 1. The van der Waals surface area contributed by atoms with E-state index in [1.807, 2.05) is 71.6 Å². The van der Waals surface area contributed by atoms with Crippen LogP contribution in [0.2, 0.25) is 0 Å². The largest absolute Gasteiger partial charge is 0.492 e. The highest BCUT2D eigenvalue weighted by Gasteiger charge is 2.56. The number of carbonyl (C=O) groups is 1. The molecule has 0 spiro atoms. The molecular weight excluding hydrogens is 516 g/mol. The number of piperidine rings is 1. The van der Waals surface area contributed by atoms with Crippen LogP contribution in [0.15, 0.2) is 83.5 Å². The van der Waals surface area contributed by atoms with Crippen molar-refractivity contribution < 1.29 is 19.1 Å². The van der Waals surface area contributed by atoms with E-state index in [9.17, 15) is 9.90 Å². The molecule has 1 N–H and O–H groups in total. The quantitative estimate of drug-likeness (QED) is 0.312. The van der Waals surface area contributed by atoms with Crippen molar-refractivity contribution in [3.63, 3.8) is 0 Å². The lowest BCUT2D eigenvalue weighted by Gasteiger charge is -2.46. The van der Waals surface area contributed by atoms with Crippen LogP contribution in [-0.4, -0.2) is 57.2 Å². The summed E-state index contributed by atoms with van der Waals surface area (Å²) in [5.41, 5.74) is 1.46. The van der Waals surface area contributed by atoms with Crippen LogP contribution in [0.4, 0.5) is 6.01 Å². The Bertz CT molecular complexity index is 1350. The van der Waals surface area contributed by atoms with Gasteiger partial charge in [0, 0.05) is 44.0 Å². The lowest BCUT2D eigenvalue weighted by atomic mass is 9.75. The van der Waals surface area contributed by atoms with Crippen LogP contribution < -0.4 is 9.64 Å². The number of benzene rings is 2. The molecule has 2 aliphatic heterocycles. The predicted molar refractivity (Wildman–Crippen MR) is 151 cm³/mol. The molecule has 0 radical (unpaired) electrons. The molecule has 2 aromatic carbocycles. The highest BCUT2D eigenvalue weighted by atomic mass is 35.5. The Labute approximate surface area is 234 Å². The maximum atomic E-state index is 13.2. The Morgan fingerprint density at radius 3 is 2.59 bits per heavy atom. The lowest BCUT2D eigenvalue weighted by Crippen LogP contribution is -2.62. The minimum Gasteiger partial charge on any atom is -0.492 e. The molecule has 204 valence electrons. The number of carboxylic acids is 1. The van der Waals surface area contributed by atoms with Crippen molar-refractivity contribution in [2.75, 3.05) is 24.6 Å². The van der Waals surface area contributed by atoms with Crippen LogP contribution >= 0.6 is 12.4 Å². The fraction of sp³-hybridized carbons (Fsp3) is 0.367. The lowest BCUT2D eigenvalue weighted by molar-refractivity contribution is -0.147. The maximum absolute atomic E-state index is 13.2. The smallest absolute Gasteiger partial charge is 0.330 e. The van der Waals surface area contributed by atoms with Crippen LogP contribution in [0.5, 0.6) is 5.75 Å². The highest BCUT2D eigenvalue weighted by Crippen LogP contribution is 2.44.